The average Bonchev–Trinajstić information content (AvgIpc) is 3.07. The molecule has 180 valence electrons. The van der Waals surface area contributed by atoms with Crippen LogP contribution >= 0.6 is 0 Å². The molecule has 34 heavy (non-hydrogen) atoms. The molecule has 0 aromatic heterocycles. The van der Waals surface area contributed by atoms with Crippen molar-refractivity contribution >= 4 is 18.0 Å². The van der Waals surface area contributed by atoms with Gasteiger partial charge in [-0.2, -0.15) is 13.2 Å². The molecule has 1 aliphatic heterocycles. The number of rotatable bonds is 7. The molecule has 0 saturated carbocycles. The van der Waals surface area contributed by atoms with E-state index in [-0.39, 0.29) is 25.5 Å². The number of hydrogen-bond acceptors (Lipinski definition) is 4. The molecule has 1 saturated heterocycles. The third kappa shape index (κ3) is 4.71. The number of halogens is 3. The maximum absolute atomic E-state index is 13.5. The van der Waals surface area contributed by atoms with E-state index in [1.165, 1.54) is 0 Å². The zero-order valence-corrected chi connectivity index (χ0v) is 18.0. The average molecular weight is 476 g/mol. The summed E-state index contributed by atoms with van der Waals surface area (Å²) in [6, 6.07) is 11.8. The molecular formula is C24H23F3N2O5. The molecule has 1 fully saturated rings. The molecule has 1 aliphatic carbocycles. The molecule has 1 unspecified atom stereocenters. The lowest BCUT2D eigenvalue weighted by Gasteiger charge is -2.38. The standard InChI is InChI=1S/C24H23F3N2O5/c25-24(26,27)20(9-10-21(30)29-12-11-19(29)22(31)32)28-23(33)34-13-18-16-7-3-1-5-14(16)15-6-2-4-8-17(15)18/h1-8,18-20H,9-13H2,(H,28,33)(H,31,32)/t19?,20-/m0/s1. The van der Waals surface area contributed by atoms with Gasteiger partial charge in [-0.1, -0.05) is 48.5 Å². The fraction of sp³-hybridized carbons (Fsp3) is 0.375. The molecule has 1 heterocycles. The first-order chi connectivity index (χ1) is 16.2. The van der Waals surface area contributed by atoms with E-state index in [9.17, 15) is 27.6 Å². The van der Waals surface area contributed by atoms with E-state index in [4.69, 9.17) is 9.84 Å². The summed E-state index contributed by atoms with van der Waals surface area (Å²) in [5.41, 5.74) is 3.84. The number of carboxylic acid groups (broad SMARTS) is 1. The van der Waals surface area contributed by atoms with Gasteiger partial charge in [0.05, 0.1) is 0 Å². The third-order valence-electron chi connectivity index (χ3n) is 6.30. The summed E-state index contributed by atoms with van der Waals surface area (Å²) in [7, 11) is 0. The van der Waals surface area contributed by atoms with Crippen LogP contribution in [0.5, 0.6) is 0 Å². The van der Waals surface area contributed by atoms with E-state index in [0.29, 0.717) is 0 Å². The van der Waals surface area contributed by atoms with Crippen molar-refractivity contribution in [3.05, 3.63) is 59.7 Å². The minimum atomic E-state index is -4.80. The Morgan fingerprint density at radius 2 is 1.65 bits per heavy atom. The van der Waals surface area contributed by atoms with Crippen molar-refractivity contribution in [1.29, 1.82) is 0 Å². The van der Waals surface area contributed by atoms with Gasteiger partial charge in [-0.05, 0) is 35.1 Å². The number of carboxylic acids is 1. The predicted molar refractivity (Wildman–Crippen MR) is 115 cm³/mol. The van der Waals surface area contributed by atoms with E-state index >= 15 is 0 Å². The number of nitrogens with zero attached hydrogens (tertiary/aromatic N) is 1. The Kier molecular flexibility index (Phi) is 6.49. The van der Waals surface area contributed by atoms with Gasteiger partial charge < -0.3 is 20.1 Å². The highest BCUT2D eigenvalue weighted by Crippen LogP contribution is 2.44. The Morgan fingerprint density at radius 1 is 1.06 bits per heavy atom. The first kappa shape index (κ1) is 23.6. The van der Waals surface area contributed by atoms with Gasteiger partial charge in [0.1, 0.15) is 18.7 Å². The van der Waals surface area contributed by atoms with Gasteiger partial charge in [0.15, 0.2) is 0 Å². The molecule has 4 rings (SSSR count). The van der Waals surface area contributed by atoms with Crippen LogP contribution in [0.15, 0.2) is 48.5 Å². The van der Waals surface area contributed by atoms with E-state index in [1.807, 2.05) is 53.8 Å². The number of benzene rings is 2. The fourth-order valence-corrected chi connectivity index (χ4v) is 4.45. The summed E-state index contributed by atoms with van der Waals surface area (Å²) in [6.45, 7) is 0.0454. The lowest BCUT2D eigenvalue weighted by molar-refractivity contribution is -0.162. The van der Waals surface area contributed by atoms with Gasteiger partial charge in [-0.15, -0.1) is 0 Å². The zero-order chi connectivity index (χ0) is 24.5. The Hall–Kier alpha value is -3.56. The van der Waals surface area contributed by atoms with Gasteiger partial charge in [0, 0.05) is 18.9 Å². The van der Waals surface area contributed by atoms with Gasteiger partial charge in [-0.25, -0.2) is 9.59 Å². The summed E-state index contributed by atoms with van der Waals surface area (Å²) in [5, 5.41) is 10.8. The van der Waals surface area contributed by atoms with Crippen molar-refractivity contribution in [3.63, 3.8) is 0 Å². The number of ether oxygens (including phenoxy) is 1. The second kappa shape index (κ2) is 9.36. The molecule has 2 N–H and O–H groups in total. The molecule has 0 bridgehead atoms. The highest BCUT2D eigenvalue weighted by molar-refractivity contribution is 5.85. The van der Waals surface area contributed by atoms with Crippen LogP contribution in [0.2, 0.25) is 0 Å². The van der Waals surface area contributed by atoms with Crippen LogP contribution in [0.25, 0.3) is 11.1 Å². The van der Waals surface area contributed by atoms with E-state index in [1.54, 1.807) is 0 Å². The van der Waals surface area contributed by atoms with Gasteiger partial charge in [0.2, 0.25) is 5.91 Å². The van der Waals surface area contributed by atoms with Crippen molar-refractivity contribution in [2.75, 3.05) is 13.2 Å². The first-order valence-electron chi connectivity index (χ1n) is 10.9. The van der Waals surface area contributed by atoms with Crippen molar-refractivity contribution in [1.82, 2.24) is 10.2 Å². The monoisotopic (exact) mass is 476 g/mol. The Bertz CT molecular complexity index is 1060. The Labute approximate surface area is 193 Å². The van der Waals surface area contributed by atoms with Gasteiger partial charge in [-0.3, -0.25) is 4.79 Å². The van der Waals surface area contributed by atoms with Crippen LogP contribution in [-0.4, -0.2) is 59.4 Å². The predicted octanol–water partition coefficient (Wildman–Crippen LogP) is 3.92. The number of carbonyl (C=O) groups excluding carboxylic acids is 2. The number of aliphatic carboxylic acids is 1. The fourth-order valence-electron chi connectivity index (χ4n) is 4.45. The SMILES string of the molecule is O=C(N[C@@H](CCC(=O)N1CCC1C(=O)O)C(F)(F)F)OCC1c2ccccc2-c2ccccc21. The molecule has 2 atom stereocenters. The van der Waals surface area contributed by atoms with Crippen LogP contribution in [-0.2, 0) is 14.3 Å². The largest absolute Gasteiger partial charge is 0.480 e. The van der Waals surface area contributed by atoms with Crippen LogP contribution < -0.4 is 5.32 Å². The van der Waals surface area contributed by atoms with Crippen molar-refractivity contribution < 1.29 is 37.4 Å². The quantitative estimate of drug-likeness (QED) is 0.632. The topological polar surface area (TPSA) is 95.9 Å². The highest BCUT2D eigenvalue weighted by Gasteiger charge is 2.43. The summed E-state index contributed by atoms with van der Waals surface area (Å²) in [5.74, 6) is -2.19. The second-order valence-corrected chi connectivity index (χ2v) is 8.33. The maximum Gasteiger partial charge on any atom is 0.408 e. The van der Waals surface area contributed by atoms with E-state index in [2.05, 4.69) is 0 Å². The summed E-state index contributed by atoms with van der Waals surface area (Å²) < 4.78 is 45.6. The smallest absolute Gasteiger partial charge is 0.408 e. The van der Waals surface area contributed by atoms with Crippen LogP contribution in [0.4, 0.5) is 18.0 Å². The number of alkyl halides is 3. The lowest BCUT2D eigenvalue weighted by Crippen LogP contribution is -2.55. The van der Waals surface area contributed by atoms with Crippen LogP contribution in [0.1, 0.15) is 36.3 Å². The molecule has 2 aromatic carbocycles. The zero-order valence-electron chi connectivity index (χ0n) is 18.0. The highest BCUT2D eigenvalue weighted by atomic mass is 19.4. The normalized spacial score (nSPS) is 17.9. The molecular weight excluding hydrogens is 453 g/mol. The molecule has 2 aromatic rings. The summed E-state index contributed by atoms with van der Waals surface area (Å²) in [4.78, 5) is 36.5. The van der Waals surface area contributed by atoms with Gasteiger partial charge in [0.25, 0.3) is 0 Å². The number of carbonyl (C=O) groups is 3. The minimum Gasteiger partial charge on any atom is -0.480 e. The number of nitrogens with one attached hydrogen (secondary N) is 1. The van der Waals surface area contributed by atoms with E-state index in [0.717, 1.165) is 27.2 Å². The number of alkyl carbamates (subject to hydrolysis) is 1. The molecule has 2 aliphatic rings. The second-order valence-electron chi connectivity index (χ2n) is 8.33. The molecule has 2 amide bonds. The molecule has 10 heteroatoms. The van der Waals surface area contributed by atoms with Crippen LogP contribution in [0.3, 0.4) is 0 Å². The number of hydrogen-bond donors (Lipinski definition) is 2. The van der Waals surface area contributed by atoms with Gasteiger partial charge >= 0.3 is 18.2 Å². The molecule has 7 nitrogen and oxygen atoms in total. The number of fused-ring (bicyclic) bond motifs is 3. The molecule has 0 spiro atoms. The number of amides is 2. The number of likely N-dealkylation sites (tertiary alicyclic amines) is 1. The summed E-state index contributed by atoms with van der Waals surface area (Å²) >= 11 is 0. The maximum atomic E-state index is 13.5. The van der Waals surface area contributed by atoms with Crippen molar-refractivity contribution in [2.24, 2.45) is 0 Å². The molecule has 0 radical (unpaired) electrons. The minimum absolute atomic E-state index is 0.141. The Morgan fingerprint density at radius 3 is 2.15 bits per heavy atom. The van der Waals surface area contributed by atoms with Crippen LogP contribution in [0, 0.1) is 0 Å². The van der Waals surface area contributed by atoms with Crippen molar-refractivity contribution in [3.8, 4) is 11.1 Å². The van der Waals surface area contributed by atoms with Crippen molar-refractivity contribution in [2.45, 2.75) is 43.4 Å². The third-order valence-corrected chi connectivity index (χ3v) is 6.30. The first-order valence-corrected chi connectivity index (χ1v) is 10.9. The lowest BCUT2D eigenvalue weighted by atomic mass is 9.98. The van der Waals surface area contributed by atoms with E-state index < -0.39 is 49.1 Å². The Balaban J connectivity index is 1.36. The summed E-state index contributed by atoms with van der Waals surface area (Å²) in [6.07, 6.45) is -7.02.